The first kappa shape index (κ1) is 21.3. The van der Waals surface area contributed by atoms with Gasteiger partial charge in [0.15, 0.2) is 0 Å². The number of carbonyl (C=O) groups excluding carboxylic acids is 1. The number of halogens is 1. The molecule has 3 N–H and O–H groups in total. The Labute approximate surface area is 171 Å². The van der Waals surface area contributed by atoms with Crippen molar-refractivity contribution < 1.29 is 18.1 Å². The molecular formula is C21H26FN3O3S. The second-order valence-electron chi connectivity index (χ2n) is 7.73. The first-order chi connectivity index (χ1) is 13.6. The minimum absolute atomic E-state index is 0.0301. The van der Waals surface area contributed by atoms with Gasteiger partial charge in [-0.05, 0) is 58.9 Å². The molecular weight excluding hydrogens is 393 g/mol. The van der Waals surface area contributed by atoms with Crippen LogP contribution in [0.5, 0.6) is 5.75 Å². The van der Waals surface area contributed by atoms with Crippen LogP contribution >= 0.6 is 0 Å². The molecule has 2 amide bonds. The van der Waals surface area contributed by atoms with Crippen molar-refractivity contribution in [3.63, 3.8) is 0 Å². The molecule has 1 atom stereocenters. The molecule has 0 spiro atoms. The Bertz CT molecular complexity index is 1040. The Morgan fingerprint density at radius 1 is 1.17 bits per heavy atom. The highest BCUT2D eigenvalue weighted by Gasteiger charge is 2.20. The van der Waals surface area contributed by atoms with Gasteiger partial charge < -0.3 is 10.1 Å². The van der Waals surface area contributed by atoms with Crippen molar-refractivity contribution in [2.75, 3.05) is 11.9 Å². The Morgan fingerprint density at radius 3 is 2.38 bits per heavy atom. The maximum atomic E-state index is 14.1. The number of nitrogens with one attached hydrogen (secondary N) is 1. The smallest absolute Gasteiger partial charge is 0.354 e. The van der Waals surface area contributed by atoms with Crippen LogP contribution in [0.3, 0.4) is 0 Å². The summed E-state index contributed by atoms with van der Waals surface area (Å²) in [5, 5.41) is 8.60. The standard InChI is InChI=1S/C21H26FN3O3S/c1-12(2)17-10-15(22)11-18(13(3)4)20(17)24-21(26)25-29(23,27)16-5-6-19-14(9-16)7-8-28-19/h5-6,9-13H,7-8H2,1-4H3,(H3,23,24,25,26,27). The van der Waals surface area contributed by atoms with Crippen LogP contribution in [0.25, 0.3) is 0 Å². The van der Waals surface area contributed by atoms with Gasteiger partial charge in [-0.2, -0.15) is 0 Å². The number of nitrogens with two attached hydrogens (primary N) is 1. The fourth-order valence-electron chi connectivity index (χ4n) is 3.36. The van der Waals surface area contributed by atoms with Crippen molar-refractivity contribution in [1.82, 2.24) is 0 Å². The number of nitrogens with zero attached hydrogens (tertiary/aromatic N) is 1. The third kappa shape index (κ3) is 4.59. The number of fused-ring (bicyclic) bond motifs is 1. The summed E-state index contributed by atoms with van der Waals surface area (Å²) < 4.78 is 36.2. The molecule has 6 nitrogen and oxygen atoms in total. The molecule has 8 heteroatoms. The number of urea groups is 1. The highest BCUT2D eigenvalue weighted by molar-refractivity contribution is 7.91. The van der Waals surface area contributed by atoms with Gasteiger partial charge >= 0.3 is 6.03 Å². The minimum atomic E-state index is -3.44. The van der Waals surface area contributed by atoms with Crippen molar-refractivity contribution in [3.8, 4) is 5.75 Å². The van der Waals surface area contributed by atoms with Gasteiger partial charge in [0.1, 0.15) is 21.5 Å². The molecule has 0 aromatic heterocycles. The molecule has 0 saturated carbocycles. The van der Waals surface area contributed by atoms with E-state index >= 15 is 0 Å². The average Bonchev–Trinajstić information content (AvgIpc) is 3.09. The summed E-state index contributed by atoms with van der Waals surface area (Å²) in [7, 11) is -3.44. The average molecular weight is 420 g/mol. The molecule has 1 aliphatic heterocycles. The SMILES string of the molecule is CC(C)c1cc(F)cc(C(C)C)c1NC(=O)N=S(N)(=O)c1ccc2c(c1)CCO2. The van der Waals surface area contributed by atoms with Gasteiger partial charge in [0, 0.05) is 12.1 Å². The Morgan fingerprint density at radius 2 is 1.79 bits per heavy atom. The van der Waals surface area contributed by atoms with Gasteiger partial charge in [-0.15, -0.1) is 4.36 Å². The zero-order valence-corrected chi connectivity index (χ0v) is 17.8. The van der Waals surface area contributed by atoms with E-state index in [-0.39, 0.29) is 22.5 Å². The van der Waals surface area contributed by atoms with Gasteiger partial charge in [0.05, 0.1) is 11.5 Å². The van der Waals surface area contributed by atoms with Gasteiger partial charge in [-0.1, -0.05) is 27.7 Å². The molecule has 29 heavy (non-hydrogen) atoms. The topological polar surface area (TPSA) is 93.8 Å². The molecule has 0 fully saturated rings. The summed E-state index contributed by atoms with van der Waals surface area (Å²) in [6.45, 7) is 8.19. The summed E-state index contributed by atoms with van der Waals surface area (Å²) in [5.41, 5.74) is 2.67. The van der Waals surface area contributed by atoms with E-state index in [9.17, 15) is 13.4 Å². The lowest BCUT2D eigenvalue weighted by atomic mass is 9.92. The van der Waals surface area contributed by atoms with Crippen molar-refractivity contribution in [1.29, 1.82) is 0 Å². The van der Waals surface area contributed by atoms with Crippen LogP contribution in [-0.2, 0) is 16.3 Å². The number of hydrogen-bond donors (Lipinski definition) is 2. The summed E-state index contributed by atoms with van der Waals surface area (Å²) in [6.07, 6.45) is 0.690. The maximum absolute atomic E-state index is 14.1. The minimum Gasteiger partial charge on any atom is -0.493 e. The Balaban J connectivity index is 1.97. The predicted octanol–water partition coefficient (Wildman–Crippen LogP) is 4.94. The lowest BCUT2D eigenvalue weighted by molar-refractivity contribution is 0.260. The molecule has 1 aliphatic rings. The maximum Gasteiger partial charge on any atom is 0.354 e. The molecule has 3 rings (SSSR count). The highest BCUT2D eigenvalue weighted by Crippen LogP contribution is 2.34. The second kappa shape index (κ2) is 8.12. The number of ether oxygens (including phenoxy) is 1. The zero-order valence-electron chi connectivity index (χ0n) is 17.0. The molecule has 0 radical (unpaired) electrons. The fourth-order valence-corrected chi connectivity index (χ4v) is 4.33. The van der Waals surface area contributed by atoms with Crippen molar-refractivity contribution in [3.05, 3.63) is 52.8 Å². The number of hydrogen-bond acceptors (Lipinski definition) is 3. The van der Waals surface area contributed by atoms with Crippen molar-refractivity contribution in [2.45, 2.75) is 50.8 Å². The summed E-state index contributed by atoms with van der Waals surface area (Å²) in [5.74, 6) is 0.299. The number of carbonyl (C=O) groups is 1. The van der Waals surface area contributed by atoms with E-state index in [4.69, 9.17) is 9.88 Å². The van der Waals surface area contributed by atoms with Gasteiger partial charge in [-0.25, -0.2) is 18.5 Å². The van der Waals surface area contributed by atoms with Crippen LogP contribution in [0, 0.1) is 5.82 Å². The molecule has 2 aromatic carbocycles. The number of amides is 2. The first-order valence-electron chi connectivity index (χ1n) is 9.53. The van der Waals surface area contributed by atoms with Gasteiger partial charge in [-0.3, -0.25) is 0 Å². The van der Waals surface area contributed by atoms with Crippen molar-refractivity contribution >= 4 is 21.6 Å². The lowest BCUT2D eigenvalue weighted by Crippen LogP contribution is -2.19. The number of anilines is 1. The Kier molecular flexibility index (Phi) is 5.95. The van der Waals surface area contributed by atoms with E-state index in [1.165, 1.54) is 12.1 Å². The first-order valence-corrected chi connectivity index (χ1v) is 11.1. The fraction of sp³-hybridized carbons (Fsp3) is 0.381. The predicted molar refractivity (Wildman–Crippen MR) is 112 cm³/mol. The van der Waals surface area contributed by atoms with E-state index in [2.05, 4.69) is 9.68 Å². The van der Waals surface area contributed by atoms with E-state index < -0.39 is 15.9 Å². The molecule has 0 saturated heterocycles. The molecule has 156 valence electrons. The van der Waals surface area contributed by atoms with Crippen LogP contribution in [0.4, 0.5) is 14.9 Å². The van der Waals surface area contributed by atoms with E-state index in [0.717, 1.165) is 11.3 Å². The molecule has 1 heterocycles. The monoisotopic (exact) mass is 419 g/mol. The van der Waals surface area contributed by atoms with Crippen LogP contribution < -0.4 is 15.2 Å². The van der Waals surface area contributed by atoms with E-state index in [1.807, 2.05) is 27.7 Å². The van der Waals surface area contributed by atoms with Crippen LogP contribution in [-0.4, -0.2) is 16.8 Å². The number of rotatable bonds is 4. The summed E-state index contributed by atoms with van der Waals surface area (Å²) >= 11 is 0. The summed E-state index contributed by atoms with van der Waals surface area (Å²) in [4.78, 5) is 12.9. The van der Waals surface area contributed by atoms with Crippen molar-refractivity contribution in [2.24, 2.45) is 9.50 Å². The normalized spacial score (nSPS) is 15.0. The second-order valence-corrected chi connectivity index (χ2v) is 9.52. The van der Waals surface area contributed by atoms with Crippen LogP contribution in [0.15, 0.2) is 39.6 Å². The van der Waals surface area contributed by atoms with Gasteiger partial charge in [0.2, 0.25) is 0 Å². The number of benzene rings is 2. The lowest BCUT2D eigenvalue weighted by Gasteiger charge is -2.20. The van der Waals surface area contributed by atoms with Crippen LogP contribution in [0.2, 0.25) is 0 Å². The third-order valence-corrected chi connectivity index (χ3v) is 6.22. The molecule has 0 aliphatic carbocycles. The van der Waals surface area contributed by atoms with E-state index in [0.29, 0.717) is 29.8 Å². The molecule has 1 unspecified atom stereocenters. The largest absolute Gasteiger partial charge is 0.493 e. The quantitative estimate of drug-likeness (QED) is 0.735. The summed E-state index contributed by atoms with van der Waals surface area (Å²) in [6, 6.07) is 6.87. The molecule has 2 aromatic rings. The van der Waals surface area contributed by atoms with Crippen LogP contribution in [0.1, 0.15) is 56.2 Å². The van der Waals surface area contributed by atoms with Gasteiger partial charge in [0.25, 0.3) is 0 Å². The highest BCUT2D eigenvalue weighted by atomic mass is 32.2. The molecule has 0 bridgehead atoms. The third-order valence-electron chi connectivity index (χ3n) is 4.86. The van der Waals surface area contributed by atoms with E-state index in [1.54, 1.807) is 18.2 Å². The zero-order chi connectivity index (χ0) is 21.3. The Hall–Kier alpha value is -2.45.